The number of halogens is 3. The van der Waals surface area contributed by atoms with Gasteiger partial charge in [0.25, 0.3) is 0 Å². The Kier molecular flexibility index (Phi) is 6.05. The number of alkyl halides is 3. The molecule has 0 aliphatic rings. The van der Waals surface area contributed by atoms with Gasteiger partial charge in [0.05, 0.1) is 0 Å². The molecule has 3 N–H and O–H groups in total. The van der Waals surface area contributed by atoms with Crippen molar-refractivity contribution in [2.45, 2.75) is 19.3 Å². The lowest BCUT2D eigenvalue weighted by molar-refractivity contribution is -0.274. The molecule has 6 nitrogen and oxygen atoms in total. The van der Waals surface area contributed by atoms with E-state index in [9.17, 15) is 22.8 Å². The fraction of sp³-hybridized carbons (Fsp3) is 0.176. The molecule has 2 aromatic carbocycles. The summed E-state index contributed by atoms with van der Waals surface area (Å²) in [7, 11) is 0. The zero-order valence-electron chi connectivity index (χ0n) is 13.6. The minimum Gasteiger partial charge on any atom is -0.406 e. The van der Waals surface area contributed by atoms with E-state index >= 15 is 0 Å². The maximum atomic E-state index is 12.1. The van der Waals surface area contributed by atoms with Crippen LogP contribution >= 0.6 is 0 Å². The number of amides is 3. The number of benzene rings is 2. The van der Waals surface area contributed by atoms with Crippen molar-refractivity contribution in [3.63, 3.8) is 0 Å². The van der Waals surface area contributed by atoms with Gasteiger partial charge >= 0.3 is 12.4 Å². The molecule has 0 aliphatic heterocycles. The number of rotatable bonds is 5. The summed E-state index contributed by atoms with van der Waals surface area (Å²) in [4.78, 5) is 23.9. The van der Waals surface area contributed by atoms with E-state index in [0.29, 0.717) is 5.69 Å². The van der Waals surface area contributed by atoms with Gasteiger partial charge in [-0.3, -0.25) is 4.79 Å². The summed E-state index contributed by atoms with van der Waals surface area (Å²) in [5, 5.41) is 7.51. The quantitative estimate of drug-likeness (QED) is 0.753. The maximum Gasteiger partial charge on any atom is 0.573 e. The topological polar surface area (TPSA) is 79.5 Å². The van der Waals surface area contributed by atoms with Crippen LogP contribution in [0.3, 0.4) is 0 Å². The van der Waals surface area contributed by atoms with Gasteiger partial charge in [0.2, 0.25) is 5.91 Å². The lowest BCUT2D eigenvalue weighted by Gasteiger charge is -2.15. The molecule has 0 unspecified atom stereocenters. The summed E-state index contributed by atoms with van der Waals surface area (Å²) in [5.74, 6) is -0.929. The van der Waals surface area contributed by atoms with Gasteiger partial charge in [-0.15, -0.1) is 13.2 Å². The fourth-order valence-corrected chi connectivity index (χ4v) is 1.94. The Morgan fingerprint density at radius 2 is 1.50 bits per heavy atom. The molecule has 138 valence electrons. The number of carbonyl (C=O) groups is 2. The van der Waals surface area contributed by atoms with E-state index in [4.69, 9.17) is 0 Å². The Hall–Kier alpha value is -3.23. The van der Waals surface area contributed by atoms with Crippen LogP contribution in [-0.4, -0.2) is 24.3 Å². The predicted octanol–water partition coefficient (Wildman–Crippen LogP) is 3.73. The Morgan fingerprint density at radius 1 is 0.923 bits per heavy atom. The minimum atomic E-state index is -4.78. The zero-order valence-corrected chi connectivity index (χ0v) is 13.6. The first kappa shape index (κ1) is 19.1. The van der Waals surface area contributed by atoms with Gasteiger partial charge in [-0.2, -0.15) is 0 Å². The molecule has 0 saturated carbocycles. The molecular weight excluding hydrogens is 351 g/mol. The van der Waals surface area contributed by atoms with Gasteiger partial charge in [0.15, 0.2) is 0 Å². The number of anilines is 2. The molecule has 0 bridgehead atoms. The molecule has 2 rings (SSSR count). The number of hydrogen-bond acceptors (Lipinski definition) is 3. The Bertz CT molecular complexity index is 749. The molecule has 0 radical (unpaired) electrons. The van der Waals surface area contributed by atoms with E-state index in [-0.39, 0.29) is 5.69 Å². The molecule has 26 heavy (non-hydrogen) atoms. The standard InChI is InChI=1S/C17H16F3N3O3/c1-11(21-16(25)23-12-5-3-2-4-6-12)15(24)22-13-7-9-14(10-8-13)26-17(18,19)20/h2-11H,1H3,(H,22,24)(H2,21,23,25)/t11-/m0/s1. The molecule has 0 aromatic heterocycles. The Balaban J connectivity index is 1.85. The molecule has 0 spiro atoms. The van der Waals surface area contributed by atoms with Crippen molar-refractivity contribution in [1.82, 2.24) is 5.32 Å². The van der Waals surface area contributed by atoms with Crippen LogP contribution < -0.4 is 20.7 Å². The second kappa shape index (κ2) is 8.24. The van der Waals surface area contributed by atoms with Crippen LogP contribution in [0.15, 0.2) is 54.6 Å². The zero-order chi connectivity index (χ0) is 19.2. The number of urea groups is 1. The summed E-state index contributed by atoms with van der Waals surface area (Å²) in [6, 6.07) is 11.9. The summed E-state index contributed by atoms with van der Waals surface area (Å²) in [6.07, 6.45) is -4.78. The molecule has 9 heteroatoms. The third-order valence-electron chi connectivity index (χ3n) is 3.13. The fourth-order valence-electron chi connectivity index (χ4n) is 1.94. The average Bonchev–Trinajstić information content (AvgIpc) is 2.56. The highest BCUT2D eigenvalue weighted by molar-refractivity contribution is 5.98. The van der Waals surface area contributed by atoms with Gasteiger partial charge in [0, 0.05) is 11.4 Å². The molecule has 2 aromatic rings. The number of nitrogens with one attached hydrogen (secondary N) is 3. The summed E-state index contributed by atoms with van der Waals surface area (Å²) in [5.41, 5.74) is 0.833. The van der Waals surface area contributed by atoms with Gasteiger partial charge in [-0.1, -0.05) is 18.2 Å². The smallest absolute Gasteiger partial charge is 0.406 e. The number of hydrogen-bond donors (Lipinski definition) is 3. The van der Waals surface area contributed by atoms with Crippen molar-refractivity contribution in [1.29, 1.82) is 0 Å². The number of para-hydroxylation sites is 1. The van der Waals surface area contributed by atoms with E-state index in [1.54, 1.807) is 30.3 Å². The molecule has 0 heterocycles. The summed E-state index contributed by atoms with van der Waals surface area (Å²) in [6.45, 7) is 1.47. The number of ether oxygens (including phenoxy) is 1. The number of carbonyl (C=O) groups excluding carboxylic acids is 2. The lowest BCUT2D eigenvalue weighted by atomic mass is 10.2. The first-order valence-corrected chi connectivity index (χ1v) is 7.52. The van der Waals surface area contributed by atoms with Gasteiger partial charge in [-0.25, -0.2) is 4.79 Å². The highest BCUT2D eigenvalue weighted by Gasteiger charge is 2.31. The van der Waals surface area contributed by atoms with Crippen LogP contribution in [0.2, 0.25) is 0 Å². The second-order valence-corrected chi connectivity index (χ2v) is 5.25. The van der Waals surface area contributed by atoms with Crippen molar-refractivity contribution in [3.8, 4) is 5.75 Å². The normalized spacial score (nSPS) is 12.0. The van der Waals surface area contributed by atoms with Crippen LogP contribution in [0.25, 0.3) is 0 Å². The first-order chi connectivity index (χ1) is 12.2. The summed E-state index contributed by atoms with van der Waals surface area (Å²) < 4.78 is 40.0. The Labute approximate surface area is 147 Å². The Morgan fingerprint density at radius 3 is 2.08 bits per heavy atom. The van der Waals surface area contributed by atoms with Crippen molar-refractivity contribution < 1.29 is 27.5 Å². The second-order valence-electron chi connectivity index (χ2n) is 5.25. The molecule has 0 saturated heterocycles. The van der Waals surface area contributed by atoms with Crippen molar-refractivity contribution in [3.05, 3.63) is 54.6 Å². The highest BCUT2D eigenvalue weighted by atomic mass is 19.4. The predicted molar refractivity (Wildman–Crippen MR) is 89.8 cm³/mol. The molecular formula is C17H16F3N3O3. The maximum absolute atomic E-state index is 12.1. The van der Waals surface area contributed by atoms with E-state index in [2.05, 4.69) is 20.7 Å². The van der Waals surface area contributed by atoms with Gasteiger partial charge < -0.3 is 20.7 Å². The SMILES string of the molecule is C[C@H](NC(=O)Nc1ccccc1)C(=O)Nc1ccc(OC(F)(F)F)cc1. The first-order valence-electron chi connectivity index (χ1n) is 7.52. The molecule has 0 aliphatic carbocycles. The van der Waals surface area contributed by atoms with Gasteiger partial charge in [0.1, 0.15) is 11.8 Å². The van der Waals surface area contributed by atoms with Crippen LogP contribution in [0, 0.1) is 0 Å². The van der Waals surface area contributed by atoms with E-state index in [1.165, 1.54) is 19.1 Å². The highest BCUT2D eigenvalue weighted by Crippen LogP contribution is 2.23. The third-order valence-corrected chi connectivity index (χ3v) is 3.13. The molecule has 3 amide bonds. The van der Waals surface area contributed by atoms with Crippen molar-refractivity contribution in [2.24, 2.45) is 0 Å². The molecule has 1 atom stereocenters. The third kappa shape index (κ3) is 6.34. The van der Waals surface area contributed by atoms with Crippen LogP contribution in [0.1, 0.15) is 6.92 Å². The molecule has 0 fully saturated rings. The largest absolute Gasteiger partial charge is 0.573 e. The van der Waals surface area contributed by atoms with Crippen molar-refractivity contribution >= 4 is 23.3 Å². The van der Waals surface area contributed by atoms with E-state index < -0.39 is 30.1 Å². The van der Waals surface area contributed by atoms with E-state index in [1.807, 2.05) is 0 Å². The van der Waals surface area contributed by atoms with Crippen LogP contribution in [0.5, 0.6) is 5.75 Å². The van der Waals surface area contributed by atoms with Crippen LogP contribution in [0.4, 0.5) is 29.3 Å². The summed E-state index contributed by atoms with van der Waals surface area (Å²) >= 11 is 0. The van der Waals surface area contributed by atoms with Crippen LogP contribution in [-0.2, 0) is 4.79 Å². The average molecular weight is 367 g/mol. The minimum absolute atomic E-state index is 0.265. The van der Waals surface area contributed by atoms with Crippen molar-refractivity contribution in [2.75, 3.05) is 10.6 Å². The lowest BCUT2D eigenvalue weighted by Crippen LogP contribution is -2.43. The van der Waals surface area contributed by atoms with Gasteiger partial charge in [-0.05, 0) is 43.3 Å². The van der Waals surface area contributed by atoms with E-state index in [0.717, 1.165) is 12.1 Å². The monoisotopic (exact) mass is 367 g/mol.